The maximum Gasteiger partial charge on any atom is 0.329 e. The molecule has 0 saturated carbocycles. The molecule has 0 aliphatic carbocycles. The number of phenolic OH excluding ortho intramolecular Hbond substituents is 1. The number of methoxy groups -OCH3 is 1. The zero-order chi connectivity index (χ0) is 42.1. The van der Waals surface area contributed by atoms with Crippen LogP contribution < -0.4 is 34.9 Å². The molecule has 4 bridgehead atoms. The van der Waals surface area contributed by atoms with Gasteiger partial charge in [-0.3, -0.25) is 29.0 Å². The molecule has 2 saturated heterocycles. The van der Waals surface area contributed by atoms with E-state index in [4.69, 9.17) is 23.7 Å². The largest absolute Gasteiger partial charge is 0.504 e. The molecule has 5 N–H and O–H groups in total. The van der Waals surface area contributed by atoms with Gasteiger partial charge in [-0.15, -0.1) is 11.8 Å². The monoisotopic (exact) mass is 825 g/mol. The van der Waals surface area contributed by atoms with Crippen molar-refractivity contribution in [1.82, 2.24) is 25.8 Å². The van der Waals surface area contributed by atoms with Crippen molar-refractivity contribution in [2.24, 2.45) is 5.92 Å². The fourth-order valence-electron chi connectivity index (χ4n) is 9.32. The van der Waals surface area contributed by atoms with Gasteiger partial charge in [0.25, 0.3) is 0 Å². The van der Waals surface area contributed by atoms with E-state index in [1.54, 1.807) is 20.8 Å². The smallest absolute Gasteiger partial charge is 0.329 e. The standard InChI is InChI=1S/C40H51N5O12S/c1-15(2)28(43-37(49)18(5)41-19(6)46)38(50)42-22-13-58-36-27-26(35-34(55-14-56-35)17(4)33(27)57-20(7)47)24(12-54-40(22)52)45-30(36)29-25-21(11-23(39(45)51)44(29)8)10-16(3)32(53-9)31(25)48/h10,15,18,22-24,28-30,36,39,48,51H,11-14H2,1-9H3,(H,41,46)(H,42,50)(H,43,49)/t18?,22-,23+,24-,28?,29+,30?,36+,39-/m0/s1. The number of aromatic hydroxyl groups is 1. The second-order valence-corrected chi connectivity index (χ2v) is 17.1. The molecule has 18 heteroatoms. The average molecular weight is 826 g/mol. The Morgan fingerprint density at radius 2 is 1.69 bits per heavy atom. The topological polar surface area (TPSA) is 215 Å². The van der Waals surface area contributed by atoms with Gasteiger partial charge >= 0.3 is 11.9 Å². The van der Waals surface area contributed by atoms with Gasteiger partial charge in [-0.2, -0.15) is 0 Å². The van der Waals surface area contributed by atoms with E-state index in [1.165, 1.54) is 39.6 Å². The van der Waals surface area contributed by atoms with Crippen molar-refractivity contribution in [1.29, 1.82) is 0 Å². The summed E-state index contributed by atoms with van der Waals surface area (Å²) in [6.07, 6.45) is -0.705. The van der Waals surface area contributed by atoms with E-state index in [0.29, 0.717) is 45.9 Å². The number of cyclic esters (lactones) is 1. The van der Waals surface area contributed by atoms with E-state index in [0.717, 1.165) is 11.1 Å². The Morgan fingerprint density at radius 3 is 2.34 bits per heavy atom. The number of nitrogens with one attached hydrogen (secondary N) is 3. The molecule has 17 nitrogen and oxygen atoms in total. The first-order valence-electron chi connectivity index (χ1n) is 19.3. The van der Waals surface area contributed by atoms with Gasteiger partial charge in [0.2, 0.25) is 24.5 Å². The molecule has 58 heavy (non-hydrogen) atoms. The first kappa shape index (κ1) is 41.4. The normalized spacial score (nSPS) is 26.9. The Bertz CT molecular complexity index is 2060. The number of aliphatic hydroxyl groups is 1. The molecule has 2 aromatic rings. The minimum Gasteiger partial charge on any atom is -0.504 e. The summed E-state index contributed by atoms with van der Waals surface area (Å²) in [5.74, 6) is -2.06. The summed E-state index contributed by atoms with van der Waals surface area (Å²) in [5, 5.41) is 31.7. The van der Waals surface area contributed by atoms with Crippen LogP contribution in [0.4, 0.5) is 0 Å². The predicted octanol–water partition coefficient (Wildman–Crippen LogP) is 1.81. The number of rotatable bonds is 8. The van der Waals surface area contributed by atoms with Crippen LogP contribution in [0.15, 0.2) is 6.07 Å². The number of nitrogens with zero attached hydrogens (tertiary/aromatic N) is 2. The highest BCUT2D eigenvalue weighted by Crippen LogP contribution is 2.63. The summed E-state index contributed by atoms with van der Waals surface area (Å²) in [4.78, 5) is 69.4. The van der Waals surface area contributed by atoms with Gasteiger partial charge in [0.1, 0.15) is 36.7 Å². The zero-order valence-electron chi connectivity index (χ0n) is 34.0. The number of ether oxygens (including phenoxy) is 5. The Morgan fingerprint density at radius 1 is 0.983 bits per heavy atom. The highest BCUT2D eigenvalue weighted by atomic mass is 32.2. The van der Waals surface area contributed by atoms with Crippen molar-refractivity contribution in [3.8, 4) is 28.7 Å². The maximum atomic E-state index is 14.1. The third kappa shape index (κ3) is 6.86. The second-order valence-electron chi connectivity index (χ2n) is 15.9. The first-order chi connectivity index (χ1) is 27.5. The van der Waals surface area contributed by atoms with Crippen LogP contribution in [-0.4, -0.2) is 119 Å². The number of fused-ring (bicyclic) bond motifs is 9. The van der Waals surface area contributed by atoms with E-state index in [2.05, 4.69) is 20.9 Å². The van der Waals surface area contributed by atoms with Gasteiger partial charge in [-0.1, -0.05) is 19.9 Å². The van der Waals surface area contributed by atoms with Gasteiger partial charge in [-0.05, 0) is 51.3 Å². The Labute approximate surface area is 340 Å². The predicted molar refractivity (Wildman–Crippen MR) is 209 cm³/mol. The van der Waals surface area contributed by atoms with Crippen molar-refractivity contribution in [3.05, 3.63) is 39.4 Å². The molecule has 0 aromatic heterocycles. The summed E-state index contributed by atoms with van der Waals surface area (Å²) >= 11 is 1.29. The van der Waals surface area contributed by atoms with Crippen molar-refractivity contribution in [2.75, 3.05) is 33.3 Å². The quantitative estimate of drug-likeness (QED) is 0.190. The van der Waals surface area contributed by atoms with Crippen molar-refractivity contribution in [3.63, 3.8) is 0 Å². The maximum absolute atomic E-state index is 14.1. The highest BCUT2D eigenvalue weighted by molar-refractivity contribution is 7.99. The molecule has 5 aliphatic rings. The van der Waals surface area contributed by atoms with Gasteiger partial charge in [0.15, 0.2) is 23.0 Å². The number of carbonyl (C=O) groups excluding carboxylic acids is 5. The van der Waals surface area contributed by atoms with Crippen molar-refractivity contribution >= 4 is 41.4 Å². The molecular formula is C40H51N5O12S. The first-order valence-corrected chi connectivity index (χ1v) is 20.4. The molecule has 5 aliphatic heterocycles. The number of amides is 3. The van der Waals surface area contributed by atoms with Gasteiger partial charge in [0, 0.05) is 47.9 Å². The lowest BCUT2D eigenvalue weighted by Crippen LogP contribution is -2.69. The van der Waals surface area contributed by atoms with Crippen LogP contribution in [0.3, 0.4) is 0 Å². The number of hydrogen-bond donors (Lipinski definition) is 5. The van der Waals surface area contributed by atoms with Crippen LogP contribution in [0.1, 0.15) is 85.3 Å². The van der Waals surface area contributed by atoms with E-state index in [1.807, 2.05) is 24.9 Å². The van der Waals surface area contributed by atoms with Crippen molar-refractivity contribution in [2.45, 2.75) is 109 Å². The zero-order valence-corrected chi connectivity index (χ0v) is 34.8. The summed E-state index contributed by atoms with van der Waals surface area (Å²) in [7, 11) is 3.40. The van der Waals surface area contributed by atoms with Crippen LogP contribution in [0.5, 0.6) is 28.7 Å². The minimum atomic E-state index is -1.21. The summed E-state index contributed by atoms with van der Waals surface area (Å²) in [6.45, 7) is 10.8. The molecule has 2 fully saturated rings. The fourth-order valence-corrected chi connectivity index (χ4v) is 10.8. The molecule has 3 amide bonds. The number of hydrogen-bond acceptors (Lipinski definition) is 15. The number of likely N-dealkylation sites (N-methyl/N-ethyl adjacent to an activating group) is 1. The molecule has 0 spiro atoms. The van der Waals surface area contributed by atoms with E-state index >= 15 is 0 Å². The SMILES string of the molecule is COc1c(C)cc2c(c1O)[C@@H]1C3[C@@H]4SC[C@H](NC(=O)C(NC(=O)C(C)NC(C)=O)C(C)C)C(=O)OC[C@@H](c5c6c(c(C)c(OC(C)=O)c54)OCO6)N3[C@@H](O)[C@@H](C2)N1C. The number of aryl methyl sites for hydroxylation is 1. The van der Waals surface area contributed by atoms with E-state index in [9.17, 15) is 34.2 Å². The summed E-state index contributed by atoms with van der Waals surface area (Å²) < 4.78 is 29.8. The fraction of sp³-hybridized carbons (Fsp3) is 0.575. The van der Waals surface area contributed by atoms with Crippen LogP contribution in [0.25, 0.3) is 0 Å². The number of benzene rings is 2. The Balaban J connectivity index is 1.36. The molecule has 2 aromatic carbocycles. The summed E-state index contributed by atoms with van der Waals surface area (Å²) in [6, 6.07) is -3.75. The summed E-state index contributed by atoms with van der Waals surface area (Å²) in [5.41, 5.74) is 3.88. The lowest BCUT2D eigenvalue weighted by molar-refractivity contribution is -0.184. The number of phenols is 1. The molecule has 314 valence electrons. The van der Waals surface area contributed by atoms with Crippen LogP contribution in [0, 0.1) is 19.8 Å². The van der Waals surface area contributed by atoms with Crippen LogP contribution >= 0.6 is 11.8 Å². The molecule has 7 rings (SSSR count). The van der Waals surface area contributed by atoms with Crippen LogP contribution in [0.2, 0.25) is 0 Å². The molecule has 3 unspecified atom stereocenters. The Kier molecular flexibility index (Phi) is 11.2. The Hall–Kier alpha value is -4.78. The molecular weight excluding hydrogens is 775 g/mol. The number of aliphatic hydroxyl groups excluding tert-OH is 1. The second kappa shape index (κ2) is 15.8. The van der Waals surface area contributed by atoms with Gasteiger partial charge in [0.05, 0.1) is 30.5 Å². The highest BCUT2D eigenvalue weighted by Gasteiger charge is 2.60. The van der Waals surface area contributed by atoms with E-state index in [-0.39, 0.29) is 30.7 Å². The average Bonchev–Trinajstić information content (AvgIpc) is 3.64. The molecule has 9 atom stereocenters. The molecule has 5 heterocycles. The van der Waals surface area contributed by atoms with Crippen LogP contribution in [-0.2, 0) is 35.1 Å². The number of thioether (sulfide) groups is 1. The molecule has 0 radical (unpaired) electrons. The van der Waals surface area contributed by atoms with Gasteiger partial charge in [-0.25, -0.2) is 4.79 Å². The van der Waals surface area contributed by atoms with E-state index < -0.39 is 89.3 Å². The van der Waals surface area contributed by atoms with Gasteiger partial charge < -0.3 is 49.8 Å². The van der Waals surface area contributed by atoms with Crippen molar-refractivity contribution < 1.29 is 57.9 Å². The number of carbonyl (C=O) groups is 5. The minimum absolute atomic E-state index is 0.0180. The third-order valence-corrected chi connectivity index (χ3v) is 13.3. The lowest BCUT2D eigenvalue weighted by Gasteiger charge is -2.62. The third-order valence-electron chi connectivity index (χ3n) is 11.9. The lowest BCUT2D eigenvalue weighted by atomic mass is 9.73. The number of esters is 2. The number of piperazine rings is 1.